The van der Waals surface area contributed by atoms with Crippen LogP contribution in [0, 0.1) is 0 Å². The first-order chi connectivity index (χ1) is 7.78. The van der Waals surface area contributed by atoms with Gasteiger partial charge in [0.2, 0.25) is 0 Å². The highest BCUT2D eigenvalue weighted by atomic mass is 35.5. The number of nitrogens with one attached hydrogen (secondary N) is 1. The van der Waals surface area contributed by atoms with E-state index in [1.807, 2.05) is 6.07 Å². The summed E-state index contributed by atoms with van der Waals surface area (Å²) >= 11 is 7.63. The van der Waals surface area contributed by atoms with Crippen molar-refractivity contribution >= 4 is 22.9 Å². The molecule has 0 spiro atoms. The molecular weight excluding hydrogens is 240 g/mol. The first-order valence-corrected chi connectivity index (χ1v) is 7.17. The third kappa shape index (κ3) is 3.45. The monoisotopic (exact) mass is 258 g/mol. The van der Waals surface area contributed by atoms with Gasteiger partial charge < -0.3 is 10.2 Å². The Morgan fingerprint density at radius 3 is 3.12 bits per heavy atom. The molecule has 0 aromatic carbocycles. The fourth-order valence-electron chi connectivity index (χ4n) is 2.13. The molecule has 2 heterocycles. The van der Waals surface area contributed by atoms with Crippen LogP contribution < -0.4 is 5.32 Å². The minimum absolute atomic E-state index is 0.681. The predicted octanol–water partition coefficient (Wildman–Crippen LogP) is 2.63. The summed E-state index contributed by atoms with van der Waals surface area (Å²) in [5, 5.41) is 3.54. The van der Waals surface area contributed by atoms with E-state index in [1.165, 1.54) is 24.4 Å². The van der Waals surface area contributed by atoms with Gasteiger partial charge in [0.25, 0.3) is 0 Å². The van der Waals surface area contributed by atoms with Crippen molar-refractivity contribution in [2.75, 3.05) is 26.2 Å². The van der Waals surface area contributed by atoms with Crippen molar-refractivity contribution in [2.45, 2.75) is 25.8 Å². The van der Waals surface area contributed by atoms with Crippen molar-refractivity contribution in [3.8, 4) is 0 Å². The molecule has 1 N–H and O–H groups in total. The molecule has 1 fully saturated rings. The Labute approximate surface area is 107 Å². The molecule has 0 amide bonds. The summed E-state index contributed by atoms with van der Waals surface area (Å²) in [6.45, 7) is 6.91. The quantitative estimate of drug-likeness (QED) is 0.893. The third-order valence-corrected chi connectivity index (χ3v) is 4.43. The van der Waals surface area contributed by atoms with Gasteiger partial charge in [-0.25, -0.2) is 0 Å². The van der Waals surface area contributed by atoms with Crippen molar-refractivity contribution in [2.24, 2.45) is 0 Å². The van der Waals surface area contributed by atoms with Crippen LogP contribution in [0.5, 0.6) is 0 Å². The number of piperazine rings is 1. The number of hydrogen-bond acceptors (Lipinski definition) is 3. The lowest BCUT2D eigenvalue weighted by Crippen LogP contribution is -2.50. The van der Waals surface area contributed by atoms with E-state index in [9.17, 15) is 0 Å². The second-order valence-electron chi connectivity index (χ2n) is 4.32. The zero-order valence-electron chi connectivity index (χ0n) is 9.71. The molecule has 2 rings (SSSR count). The van der Waals surface area contributed by atoms with E-state index >= 15 is 0 Å². The molecule has 0 saturated carbocycles. The van der Waals surface area contributed by atoms with E-state index in [2.05, 4.69) is 23.2 Å². The van der Waals surface area contributed by atoms with E-state index in [0.717, 1.165) is 23.8 Å². The molecule has 1 aliphatic heterocycles. The highest BCUT2D eigenvalue weighted by Gasteiger charge is 2.17. The number of nitrogens with zero attached hydrogens (tertiary/aromatic N) is 1. The summed E-state index contributed by atoms with van der Waals surface area (Å²) in [5.41, 5.74) is 0. The number of hydrogen-bond donors (Lipinski definition) is 1. The van der Waals surface area contributed by atoms with Gasteiger partial charge in [-0.15, -0.1) is 11.3 Å². The highest BCUT2D eigenvalue weighted by Crippen LogP contribution is 2.22. The number of thiophene rings is 1. The standard InChI is InChI=1S/C12H19ClN2S/c1-2-10-9-15(8-6-14-10)7-5-11-3-4-12(13)16-11/h3-4,10,14H,2,5-9H2,1H3. The molecule has 1 aliphatic rings. The van der Waals surface area contributed by atoms with Gasteiger partial charge in [0.05, 0.1) is 4.34 Å². The minimum Gasteiger partial charge on any atom is -0.311 e. The minimum atomic E-state index is 0.681. The molecule has 0 aliphatic carbocycles. The maximum Gasteiger partial charge on any atom is 0.0931 e. The van der Waals surface area contributed by atoms with Gasteiger partial charge in [-0.1, -0.05) is 18.5 Å². The average Bonchev–Trinajstić information content (AvgIpc) is 2.73. The SMILES string of the molecule is CCC1CN(CCc2ccc(Cl)s2)CCN1. The topological polar surface area (TPSA) is 15.3 Å². The van der Waals surface area contributed by atoms with Gasteiger partial charge in [0, 0.05) is 37.1 Å². The van der Waals surface area contributed by atoms with E-state index in [1.54, 1.807) is 11.3 Å². The molecule has 1 unspecified atom stereocenters. The van der Waals surface area contributed by atoms with Crippen molar-refractivity contribution in [1.82, 2.24) is 10.2 Å². The fourth-order valence-corrected chi connectivity index (χ4v) is 3.20. The van der Waals surface area contributed by atoms with Crippen molar-refractivity contribution in [1.29, 1.82) is 0 Å². The van der Waals surface area contributed by atoms with Crippen molar-refractivity contribution in [3.63, 3.8) is 0 Å². The maximum absolute atomic E-state index is 5.92. The van der Waals surface area contributed by atoms with Crippen LogP contribution in [0.3, 0.4) is 0 Å². The molecule has 1 aromatic rings. The number of rotatable bonds is 4. The van der Waals surface area contributed by atoms with E-state index in [4.69, 9.17) is 11.6 Å². The molecule has 1 saturated heterocycles. The second kappa shape index (κ2) is 6.01. The Balaban J connectivity index is 1.77. The summed E-state index contributed by atoms with van der Waals surface area (Å²) in [6.07, 6.45) is 2.36. The lowest BCUT2D eigenvalue weighted by molar-refractivity contribution is 0.199. The van der Waals surface area contributed by atoms with Crippen LogP contribution in [-0.4, -0.2) is 37.1 Å². The summed E-state index contributed by atoms with van der Waals surface area (Å²) in [6, 6.07) is 4.82. The van der Waals surface area contributed by atoms with Gasteiger partial charge in [0.1, 0.15) is 0 Å². The van der Waals surface area contributed by atoms with Crippen LogP contribution in [0.4, 0.5) is 0 Å². The molecule has 1 atom stereocenters. The normalized spacial score (nSPS) is 22.5. The van der Waals surface area contributed by atoms with Crippen LogP contribution in [0.2, 0.25) is 4.34 Å². The fraction of sp³-hybridized carbons (Fsp3) is 0.667. The highest BCUT2D eigenvalue weighted by molar-refractivity contribution is 7.16. The summed E-state index contributed by atoms with van der Waals surface area (Å²) in [4.78, 5) is 3.95. The zero-order valence-corrected chi connectivity index (χ0v) is 11.3. The van der Waals surface area contributed by atoms with Crippen LogP contribution in [-0.2, 0) is 6.42 Å². The number of halogens is 1. The smallest absolute Gasteiger partial charge is 0.0931 e. The molecule has 90 valence electrons. The second-order valence-corrected chi connectivity index (χ2v) is 6.12. The van der Waals surface area contributed by atoms with Crippen molar-refractivity contribution < 1.29 is 0 Å². The van der Waals surface area contributed by atoms with Gasteiger partial charge in [0.15, 0.2) is 0 Å². The lowest BCUT2D eigenvalue weighted by Gasteiger charge is -2.33. The zero-order chi connectivity index (χ0) is 11.4. The Morgan fingerprint density at radius 2 is 2.44 bits per heavy atom. The van der Waals surface area contributed by atoms with Crippen LogP contribution in [0.1, 0.15) is 18.2 Å². The van der Waals surface area contributed by atoms with Gasteiger partial charge in [-0.2, -0.15) is 0 Å². The van der Waals surface area contributed by atoms with Crippen LogP contribution in [0.25, 0.3) is 0 Å². The first kappa shape index (κ1) is 12.4. The Hall–Kier alpha value is -0.0900. The Morgan fingerprint density at radius 1 is 1.56 bits per heavy atom. The largest absolute Gasteiger partial charge is 0.311 e. The van der Waals surface area contributed by atoms with Crippen LogP contribution >= 0.6 is 22.9 Å². The van der Waals surface area contributed by atoms with E-state index in [0.29, 0.717) is 6.04 Å². The molecule has 1 aromatic heterocycles. The predicted molar refractivity (Wildman–Crippen MR) is 71.6 cm³/mol. The third-order valence-electron chi connectivity index (χ3n) is 3.14. The Kier molecular flexibility index (Phi) is 4.65. The molecule has 16 heavy (non-hydrogen) atoms. The van der Waals surface area contributed by atoms with Gasteiger partial charge in [-0.3, -0.25) is 0 Å². The molecule has 0 radical (unpaired) electrons. The summed E-state index contributed by atoms with van der Waals surface area (Å²) in [5.74, 6) is 0. The molecule has 4 heteroatoms. The van der Waals surface area contributed by atoms with E-state index in [-0.39, 0.29) is 0 Å². The summed E-state index contributed by atoms with van der Waals surface area (Å²) in [7, 11) is 0. The first-order valence-electron chi connectivity index (χ1n) is 5.98. The van der Waals surface area contributed by atoms with Gasteiger partial charge >= 0.3 is 0 Å². The molecular formula is C12H19ClN2S. The lowest BCUT2D eigenvalue weighted by atomic mass is 10.1. The molecule has 0 bridgehead atoms. The van der Waals surface area contributed by atoms with Gasteiger partial charge in [-0.05, 0) is 25.0 Å². The Bertz CT molecular complexity index is 327. The van der Waals surface area contributed by atoms with Crippen molar-refractivity contribution in [3.05, 3.63) is 21.3 Å². The van der Waals surface area contributed by atoms with E-state index < -0.39 is 0 Å². The molecule has 2 nitrogen and oxygen atoms in total. The van der Waals surface area contributed by atoms with Crippen LogP contribution in [0.15, 0.2) is 12.1 Å². The average molecular weight is 259 g/mol. The maximum atomic E-state index is 5.92. The summed E-state index contributed by atoms with van der Waals surface area (Å²) < 4.78 is 0.904.